The Morgan fingerprint density at radius 2 is 1.49 bits per heavy atom. The fraction of sp³-hybridized carbons (Fsp3) is 0.542. The molecule has 37 heavy (non-hydrogen) atoms. The Balaban J connectivity index is 2.27. The van der Waals surface area contributed by atoms with Gasteiger partial charge >= 0.3 is 0 Å². The standard InChI is InChI=1S/C24H27Br2NO10/c1-11(28)17(31)19-24(35,13(3)30)23(34,12(2)29)18(22(37-19)36-10-14(8-25)9-26)27-20(32)15-6-4-5-7-16(15)21(27)33/h4-7,14,17-19,22,31,34-35H,8-10H2,1-3H3/t17?,18-,19-,22+,23-,24-/m1/s1. The molecule has 202 valence electrons. The molecular formula is C24H27Br2NO10. The number of ether oxygens (including phenoxy) is 2. The van der Waals surface area contributed by atoms with E-state index in [1.54, 1.807) is 0 Å². The number of carbonyl (C=O) groups is 5. The molecule has 3 rings (SSSR count). The third-order valence-corrected chi connectivity index (χ3v) is 8.60. The van der Waals surface area contributed by atoms with E-state index in [-0.39, 0.29) is 23.7 Å². The molecule has 0 radical (unpaired) electrons. The van der Waals surface area contributed by atoms with Crippen LogP contribution < -0.4 is 0 Å². The molecule has 1 fully saturated rings. The van der Waals surface area contributed by atoms with Crippen molar-refractivity contribution in [2.45, 2.75) is 56.5 Å². The minimum Gasteiger partial charge on any atom is -0.382 e. The topological polar surface area (TPSA) is 168 Å². The van der Waals surface area contributed by atoms with E-state index in [0.29, 0.717) is 15.6 Å². The molecule has 0 aromatic heterocycles. The van der Waals surface area contributed by atoms with E-state index in [1.807, 2.05) is 0 Å². The van der Waals surface area contributed by atoms with Crippen molar-refractivity contribution in [3.8, 4) is 0 Å². The molecule has 11 nitrogen and oxygen atoms in total. The third kappa shape index (κ3) is 4.64. The van der Waals surface area contributed by atoms with E-state index < -0.39 is 64.9 Å². The van der Waals surface area contributed by atoms with Crippen LogP contribution in [-0.2, 0) is 23.9 Å². The number of carbonyl (C=O) groups excluding carboxylic acids is 5. The van der Waals surface area contributed by atoms with Crippen molar-refractivity contribution in [2.75, 3.05) is 17.3 Å². The van der Waals surface area contributed by atoms with Crippen LogP contribution in [-0.4, -0.2) is 102 Å². The number of aliphatic hydroxyl groups is 3. The van der Waals surface area contributed by atoms with Gasteiger partial charge < -0.3 is 24.8 Å². The Hall–Kier alpha value is -1.87. The van der Waals surface area contributed by atoms with E-state index >= 15 is 0 Å². The molecule has 0 spiro atoms. The number of imide groups is 1. The molecule has 1 aromatic rings. The molecule has 0 saturated carbocycles. The number of alkyl halides is 2. The van der Waals surface area contributed by atoms with Crippen LogP contribution in [0.1, 0.15) is 41.5 Å². The van der Waals surface area contributed by atoms with Crippen molar-refractivity contribution < 1.29 is 48.8 Å². The second kappa shape index (κ2) is 11.1. The Morgan fingerprint density at radius 1 is 1.00 bits per heavy atom. The van der Waals surface area contributed by atoms with Gasteiger partial charge in [0.05, 0.1) is 17.7 Å². The van der Waals surface area contributed by atoms with E-state index in [0.717, 1.165) is 20.8 Å². The van der Waals surface area contributed by atoms with Gasteiger partial charge in [0.2, 0.25) is 0 Å². The van der Waals surface area contributed by atoms with Crippen molar-refractivity contribution >= 4 is 61.0 Å². The maximum Gasteiger partial charge on any atom is 0.262 e. The Morgan fingerprint density at radius 3 is 1.89 bits per heavy atom. The van der Waals surface area contributed by atoms with Gasteiger partial charge in [-0.05, 0) is 32.9 Å². The first-order valence-corrected chi connectivity index (χ1v) is 13.5. The Bertz CT molecular complexity index is 1090. The zero-order chi connectivity index (χ0) is 27.9. The minimum atomic E-state index is -3.24. The molecule has 1 aromatic carbocycles. The van der Waals surface area contributed by atoms with Crippen molar-refractivity contribution in [3.05, 3.63) is 35.4 Å². The van der Waals surface area contributed by atoms with Crippen LogP contribution >= 0.6 is 31.9 Å². The lowest BCUT2D eigenvalue weighted by Gasteiger charge is -2.56. The average molecular weight is 649 g/mol. The summed E-state index contributed by atoms with van der Waals surface area (Å²) in [6.07, 6.45) is -6.16. The van der Waals surface area contributed by atoms with E-state index in [1.165, 1.54) is 24.3 Å². The number of halogens is 2. The van der Waals surface area contributed by atoms with Crippen molar-refractivity contribution in [3.63, 3.8) is 0 Å². The normalized spacial score (nSPS) is 30.4. The first-order chi connectivity index (χ1) is 17.3. The van der Waals surface area contributed by atoms with Crippen LogP contribution in [0.25, 0.3) is 0 Å². The molecule has 1 saturated heterocycles. The number of nitrogens with zero attached hydrogens (tertiary/aromatic N) is 1. The predicted molar refractivity (Wildman–Crippen MR) is 134 cm³/mol. The molecule has 3 N–H and O–H groups in total. The molecule has 0 aliphatic carbocycles. The predicted octanol–water partition coefficient (Wildman–Crippen LogP) is 0.389. The zero-order valence-electron chi connectivity index (χ0n) is 20.2. The highest BCUT2D eigenvalue weighted by molar-refractivity contribution is 9.09. The van der Waals surface area contributed by atoms with E-state index in [2.05, 4.69) is 31.9 Å². The van der Waals surface area contributed by atoms with Crippen molar-refractivity contribution in [1.82, 2.24) is 4.90 Å². The molecule has 2 aliphatic heterocycles. The monoisotopic (exact) mass is 647 g/mol. The minimum absolute atomic E-state index is 0.0341. The second-order valence-corrected chi connectivity index (χ2v) is 10.4. The largest absolute Gasteiger partial charge is 0.382 e. The highest BCUT2D eigenvalue weighted by Gasteiger charge is 2.74. The van der Waals surface area contributed by atoms with Gasteiger partial charge in [0, 0.05) is 16.6 Å². The Kier molecular flexibility index (Phi) is 8.89. The number of hydrogen-bond donors (Lipinski definition) is 3. The number of Topliss-reactive ketones (excluding diaryl/α,β-unsaturated/α-hetero) is 3. The lowest BCUT2D eigenvalue weighted by atomic mass is 9.65. The molecule has 13 heteroatoms. The van der Waals surface area contributed by atoms with Crippen LogP contribution in [0.15, 0.2) is 24.3 Å². The molecule has 0 bridgehead atoms. The lowest BCUT2D eigenvalue weighted by Crippen LogP contribution is -2.84. The molecule has 2 aliphatic rings. The smallest absolute Gasteiger partial charge is 0.262 e. The molecular weight excluding hydrogens is 622 g/mol. The van der Waals surface area contributed by atoms with Crippen LogP contribution in [0, 0.1) is 5.92 Å². The third-order valence-electron chi connectivity index (χ3n) is 6.77. The highest BCUT2D eigenvalue weighted by Crippen LogP contribution is 2.45. The maximum atomic E-state index is 13.4. The number of amides is 2. The van der Waals surface area contributed by atoms with Gasteiger partial charge in [-0.3, -0.25) is 28.9 Å². The average Bonchev–Trinajstić information content (AvgIpc) is 3.10. The fourth-order valence-electron chi connectivity index (χ4n) is 4.68. The van der Waals surface area contributed by atoms with Gasteiger partial charge in [-0.2, -0.15) is 0 Å². The number of benzene rings is 1. The van der Waals surface area contributed by atoms with E-state index in [9.17, 15) is 39.3 Å². The Labute approximate surface area is 229 Å². The van der Waals surface area contributed by atoms with Gasteiger partial charge in [-0.15, -0.1) is 0 Å². The molecule has 6 atom stereocenters. The lowest BCUT2D eigenvalue weighted by molar-refractivity contribution is -0.331. The van der Waals surface area contributed by atoms with Crippen LogP contribution in [0.3, 0.4) is 0 Å². The van der Waals surface area contributed by atoms with Gasteiger partial charge in [0.15, 0.2) is 34.8 Å². The summed E-state index contributed by atoms with van der Waals surface area (Å²) in [5, 5.41) is 35.1. The first-order valence-electron chi connectivity index (χ1n) is 11.3. The highest BCUT2D eigenvalue weighted by atomic mass is 79.9. The number of ketones is 3. The quantitative estimate of drug-likeness (QED) is 0.238. The summed E-state index contributed by atoms with van der Waals surface area (Å²) in [4.78, 5) is 65.4. The van der Waals surface area contributed by atoms with Crippen LogP contribution in [0.4, 0.5) is 0 Å². The van der Waals surface area contributed by atoms with Gasteiger partial charge in [0.25, 0.3) is 11.8 Å². The number of hydrogen-bond acceptors (Lipinski definition) is 10. The summed E-state index contributed by atoms with van der Waals surface area (Å²) in [5.41, 5.74) is -6.54. The van der Waals surface area contributed by atoms with Gasteiger partial charge in [-0.1, -0.05) is 44.0 Å². The molecule has 1 unspecified atom stereocenters. The first kappa shape index (κ1) is 29.7. The fourth-order valence-corrected chi connectivity index (χ4v) is 6.12. The van der Waals surface area contributed by atoms with Gasteiger partial charge in [-0.25, -0.2) is 0 Å². The van der Waals surface area contributed by atoms with E-state index in [4.69, 9.17) is 9.47 Å². The number of fused-ring (bicyclic) bond motifs is 1. The van der Waals surface area contributed by atoms with Crippen LogP contribution in [0.5, 0.6) is 0 Å². The molecule has 2 heterocycles. The summed E-state index contributed by atoms with van der Waals surface area (Å²) < 4.78 is 11.6. The van der Waals surface area contributed by atoms with Crippen LogP contribution in [0.2, 0.25) is 0 Å². The van der Waals surface area contributed by atoms with Gasteiger partial charge in [0.1, 0.15) is 18.2 Å². The SMILES string of the molecule is CC(=O)C(O)[C@H]1O[C@H](OCC(CBr)CBr)[C@@H](N2C(=O)c3ccccc3C2=O)[C@](O)(C(C)=O)[C@@]1(O)C(C)=O. The summed E-state index contributed by atoms with van der Waals surface area (Å²) in [6.45, 7) is 2.53. The number of aliphatic hydroxyl groups excluding tert-OH is 1. The summed E-state index contributed by atoms with van der Waals surface area (Å²) in [7, 11) is 0. The molecule has 2 amide bonds. The van der Waals surface area contributed by atoms with Crippen molar-refractivity contribution in [1.29, 1.82) is 0 Å². The summed E-state index contributed by atoms with van der Waals surface area (Å²) in [6, 6.07) is 3.70. The maximum absolute atomic E-state index is 13.4. The summed E-state index contributed by atoms with van der Waals surface area (Å²) >= 11 is 6.63. The zero-order valence-corrected chi connectivity index (χ0v) is 23.4. The number of rotatable bonds is 10. The second-order valence-electron chi connectivity index (χ2n) is 9.10. The summed E-state index contributed by atoms with van der Waals surface area (Å²) in [5.74, 6) is -5.43. The van der Waals surface area contributed by atoms with Crippen molar-refractivity contribution in [2.24, 2.45) is 5.92 Å².